The molecule has 5 nitrogen and oxygen atoms in total. The summed E-state index contributed by atoms with van der Waals surface area (Å²) in [6, 6.07) is 0.524. The smallest absolute Gasteiger partial charge is 0.147 e. The predicted octanol–water partition coefficient (Wildman–Crippen LogP) is 6.18. The van der Waals surface area contributed by atoms with Crippen molar-refractivity contribution in [2.75, 3.05) is 5.32 Å². The van der Waals surface area contributed by atoms with Crippen LogP contribution in [0.4, 0.5) is 5.82 Å². The third-order valence-corrected chi connectivity index (χ3v) is 7.71. The Morgan fingerprint density at radius 1 is 1.17 bits per heavy atom. The molecular weight excluding hydrogens is 392 g/mol. The normalized spacial score (nSPS) is 19.3. The van der Waals surface area contributed by atoms with Gasteiger partial charge in [0.2, 0.25) is 0 Å². The highest BCUT2D eigenvalue weighted by Crippen LogP contribution is 2.42. The fourth-order valence-corrected chi connectivity index (χ4v) is 6.10. The van der Waals surface area contributed by atoms with Crippen molar-refractivity contribution in [2.45, 2.75) is 96.8 Å². The number of hydrogen-bond acceptors (Lipinski definition) is 6. The topological polar surface area (TPSA) is 59.9 Å². The van der Waals surface area contributed by atoms with Crippen molar-refractivity contribution in [1.82, 2.24) is 15.0 Å². The number of fused-ring (bicyclic) bond motifs is 5. The van der Waals surface area contributed by atoms with E-state index >= 15 is 0 Å². The Balaban J connectivity index is 1.66. The molecule has 4 heterocycles. The molecule has 1 fully saturated rings. The second-order valence-corrected chi connectivity index (χ2v) is 10.5. The number of pyridine rings is 1. The van der Waals surface area contributed by atoms with E-state index in [1.165, 1.54) is 60.7 Å². The van der Waals surface area contributed by atoms with Crippen LogP contribution < -0.4 is 5.32 Å². The van der Waals surface area contributed by atoms with E-state index in [2.05, 4.69) is 31.1 Å². The Bertz CT molecular complexity index is 1070. The first-order chi connectivity index (χ1) is 14.6. The Morgan fingerprint density at radius 3 is 2.80 bits per heavy atom. The fraction of sp³-hybridized carbons (Fsp3) is 0.625. The Hall–Kier alpha value is -1.79. The third kappa shape index (κ3) is 3.69. The van der Waals surface area contributed by atoms with Gasteiger partial charge in [0.05, 0.1) is 22.4 Å². The van der Waals surface area contributed by atoms with Crippen LogP contribution in [0.25, 0.3) is 20.4 Å². The lowest BCUT2D eigenvalue weighted by atomic mass is 9.88. The van der Waals surface area contributed by atoms with Crippen LogP contribution >= 0.6 is 11.3 Å². The molecule has 0 amide bonds. The van der Waals surface area contributed by atoms with Gasteiger partial charge in [-0.15, -0.1) is 11.3 Å². The minimum Gasteiger partial charge on any atom is -0.370 e. The van der Waals surface area contributed by atoms with E-state index in [4.69, 9.17) is 14.7 Å². The van der Waals surface area contributed by atoms with Crippen LogP contribution in [0.5, 0.6) is 0 Å². The van der Waals surface area contributed by atoms with Crippen LogP contribution in [0.2, 0.25) is 0 Å². The summed E-state index contributed by atoms with van der Waals surface area (Å²) in [5, 5.41) is 4.97. The standard InChI is InChI=1S/C24H32N4OS/c1-4-5-11-18-17-13-29-24(2,3)12-16(17)19-20-21(30-23(19)28-18)22(26-14-25-20)27-15-9-7-6-8-10-15/h14-15H,4-13H2,1-3H3,(H,25,26,27). The summed E-state index contributed by atoms with van der Waals surface area (Å²) in [4.78, 5) is 15.6. The zero-order chi connectivity index (χ0) is 20.7. The zero-order valence-corrected chi connectivity index (χ0v) is 19.2. The summed E-state index contributed by atoms with van der Waals surface area (Å²) in [6.45, 7) is 7.27. The third-order valence-electron chi connectivity index (χ3n) is 6.63. The molecular formula is C24H32N4OS. The number of thiophene rings is 1. The summed E-state index contributed by atoms with van der Waals surface area (Å²) < 4.78 is 7.35. The highest BCUT2D eigenvalue weighted by molar-refractivity contribution is 7.26. The molecule has 3 aromatic heterocycles. The SMILES string of the molecule is CCCCc1nc2sc3c(NC4CCCCC4)ncnc3c2c2c1COC(C)(C)C2. The summed E-state index contributed by atoms with van der Waals surface area (Å²) in [6.07, 6.45) is 12.4. The number of aromatic nitrogens is 3. The summed E-state index contributed by atoms with van der Waals surface area (Å²) in [7, 11) is 0. The Morgan fingerprint density at radius 2 is 2.00 bits per heavy atom. The van der Waals surface area contributed by atoms with E-state index in [-0.39, 0.29) is 5.60 Å². The van der Waals surface area contributed by atoms with E-state index in [1.54, 1.807) is 17.7 Å². The van der Waals surface area contributed by atoms with Crippen molar-refractivity contribution < 1.29 is 4.74 Å². The molecule has 0 atom stereocenters. The molecule has 0 unspecified atom stereocenters. The van der Waals surface area contributed by atoms with Crippen LogP contribution in [-0.2, 0) is 24.2 Å². The van der Waals surface area contributed by atoms with Gasteiger partial charge in [0.25, 0.3) is 0 Å². The van der Waals surface area contributed by atoms with E-state index in [9.17, 15) is 0 Å². The quantitative estimate of drug-likeness (QED) is 0.530. The van der Waals surface area contributed by atoms with Crippen LogP contribution in [0.15, 0.2) is 6.33 Å². The van der Waals surface area contributed by atoms with Gasteiger partial charge >= 0.3 is 0 Å². The highest BCUT2D eigenvalue weighted by Gasteiger charge is 2.31. The molecule has 0 bridgehead atoms. The average molecular weight is 425 g/mol. The van der Waals surface area contributed by atoms with Gasteiger partial charge in [-0.1, -0.05) is 32.6 Å². The van der Waals surface area contributed by atoms with E-state index in [0.717, 1.165) is 40.1 Å². The fourth-order valence-electron chi connectivity index (χ4n) is 4.97. The van der Waals surface area contributed by atoms with E-state index in [0.29, 0.717) is 12.6 Å². The van der Waals surface area contributed by atoms with E-state index in [1.807, 2.05) is 0 Å². The second-order valence-electron chi connectivity index (χ2n) is 9.51. The molecule has 0 aromatic carbocycles. The molecule has 5 rings (SSSR count). The van der Waals surface area contributed by atoms with Crippen molar-refractivity contribution in [3.63, 3.8) is 0 Å². The summed E-state index contributed by atoms with van der Waals surface area (Å²) in [5.41, 5.74) is 4.82. The van der Waals surface area contributed by atoms with Crippen LogP contribution in [0.3, 0.4) is 0 Å². The molecule has 1 aliphatic heterocycles. The maximum absolute atomic E-state index is 6.19. The first kappa shape index (κ1) is 20.1. The van der Waals surface area contributed by atoms with Crippen LogP contribution in [-0.4, -0.2) is 26.6 Å². The molecule has 0 saturated heterocycles. The lowest BCUT2D eigenvalue weighted by Crippen LogP contribution is -2.32. The average Bonchev–Trinajstić information content (AvgIpc) is 3.11. The van der Waals surface area contributed by atoms with Crippen LogP contribution in [0.1, 0.15) is 82.5 Å². The number of unbranched alkanes of at least 4 members (excludes halogenated alkanes) is 1. The molecule has 1 saturated carbocycles. The number of hydrogen-bond donors (Lipinski definition) is 1. The maximum atomic E-state index is 6.19. The van der Waals surface area contributed by atoms with Gasteiger partial charge < -0.3 is 10.1 Å². The Kier molecular flexibility index (Phi) is 5.40. The Labute approximate surface area is 182 Å². The molecule has 0 spiro atoms. The number of nitrogens with zero attached hydrogens (tertiary/aromatic N) is 3. The monoisotopic (exact) mass is 424 g/mol. The number of anilines is 1. The van der Waals surface area contributed by atoms with Gasteiger partial charge in [-0.2, -0.15) is 0 Å². The molecule has 6 heteroatoms. The van der Waals surface area contributed by atoms with E-state index < -0.39 is 0 Å². The molecule has 0 radical (unpaired) electrons. The van der Waals surface area contributed by atoms with Crippen molar-refractivity contribution in [3.05, 3.63) is 23.1 Å². The highest BCUT2D eigenvalue weighted by atomic mass is 32.1. The van der Waals surface area contributed by atoms with Crippen molar-refractivity contribution in [2.24, 2.45) is 0 Å². The number of nitrogens with one attached hydrogen (secondary N) is 1. The number of aryl methyl sites for hydroxylation is 1. The minimum atomic E-state index is -0.159. The maximum Gasteiger partial charge on any atom is 0.147 e. The zero-order valence-electron chi connectivity index (χ0n) is 18.4. The molecule has 1 aliphatic carbocycles. The first-order valence-electron chi connectivity index (χ1n) is 11.5. The molecule has 1 N–H and O–H groups in total. The van der Waals surface area contributed by atoms with Crippen molar-refractivity contribution >= 4 is 37.6 Å². The minimum absolute atomic E-state index is 0.159. The summed E-state index contributed by atoms with van der Waals surface area (Å²) in [5.74, 6) is 0.991. The molecule has 160 valence electrons. The number of rotatable bonds is 5. The second kappa shape index (κ2) is 8.04. The first-order valence-corrected chi connectivity index (χ1v) is 12.4. The number of ether oxygens (including phenoxy) is 1. The van der Waals surface area contributed by atoms with Crippen LogP contribution in [0, 0.1) is 0 Å². The van der Waals surface area contributed by atoms with Crippen molar-refractivity contribution in [1.29, 1.82) is 0 Å². The molecule has 30 heavy (non-hydrogen) atoms. The predicted molar refractivity (Wildman–Crippen MR) is 124 cm³/mol. The van der Waals surface area contributed by atoms with Crippen molar-refractivity contribution in [3.8, 4) is 0 Å². The molecule has 3 aromatic rings. The van der Waals surface area contributed by atoms with Gasteiger partial charge in [0.15, 0.2) is 0 Å². The van der Waals surface area contributed by atoms with Gasteiger partial charge in [-0.05, 0) is 45.1 Å². The molecule has 2 aliphatic rings. The lowest BCUT2D eigenvalue weighted by molar-refractivity contribution is -0.0401. The van der Waals surface area contributed by atoms with Gasteiger partial charge in [0.1, 0.15) is 17.0 Å². The van der Waals surface area contributed by atoms with Gasteiger partial charge in [-0.3, -0.25) is 0 Å². The van der Waals surface area contributed by atoms with Gasteiger partial charge in [0, 0.05) is 29.1 Å². The largest absolute Gasteiger partial charge is 0.370 e. The lowest BCUT2D eigenvalue weighted by Gasteiger charge is -2.33. The van der Waals surface area contributed by atoms with Gasteiger partial charge in [-0.25, -0.2) is 15.0 Å². The summed E-state index contributed by atoms with van der Waals surface area (Å²) >= 11 is 1.76.